The van der Waals surface area contributed by atoms with Gasteiger partial charge in [-0.05, 0) is 12.8 Å². The van der Waals surface area contributed by atoms with Crippen molar-refractivity contribution in [1.82, 2.24) is 0 Å². The molecular weight excluding hydrogens is 252 g/mol. The third-order valence-corrected chi connectivity index (χ3v) is 6.31. The predicted molar refractivity (Wildman–Crippen MR) is 59.0 cm³/mol. The van der Waals surface area contributed by atoms with Crippen LogP contribution in [0, 0.1) is 0 Å². The van der Waals surface area contributed by atoms with Crippen LogP contribution in [0.4, 0.5) is 0 Å². The Hall–Kier alpha value is -0.500. The van der Waals surface area contributed by atoms with Crippen LogP contribution in [0.5, 0.6) is 0 Å². The van der Waals surface area contributed by atoms with E-state index in [1.54, 1.807) is 0 Å². The summed E-state index contributed by atoms with van der Waals surface area (Å²) >= 11 is 0. The Bertz CT molecular complexity index is 448. The standard InChI is InChI=1S/C8H14N2O4S2/c11-15(12)3-1-7(5-15)9-10-8-2-4-16(13,14)6-8/h7-8H,1-6H2/t7-,8+. The van der Waals surface area contributed by atoms with Crippen molar-refractivity contribution >= 4 is 19.7 Å². The van der Waals surface area contributed by atoms with Gasteiger partial charge in [-0.25, -0.2) is 16.8 Å². The van der Waals surface area contributed by atoms with Crippen molar-refractivity contribution in [3.05, 3.63) is 0 Å². The zero-order valence-electron chi connectivity index (χ0n) is 8.74. The first-order chi connectivity index (χ1) is 7.36. The van der Waals surface area contributed by atoms with E-state index in [0.717, 1.165) is 0 Å². The van der Waals surface area contributed by atoms with Crippen LogP contribution < -0.4 is 0 Å². The summed E-state index contributed by atoms with van der Waals surface area (Å²) in [5.74, 6) is 0.436. The van der Waals surface area contributed by atoms with Crippen LogP contribution in [0.3, 0.4) is 0 Å². The Morgan fingerprint density at radius 2 is 1.12 bits per heavy atom. The number of sulfone groups is 2. The van der Waals surface area contributed by atoms with E-state index in [1.807, 2.05) is 0 Å². The molecule has 0 saturated carbocycles. The molecule has 2 heterocycles. The van der Waals surface area contributed by atoms with Crippen LogP contribution in [-0.4, -0.2) is 51.9 Å². The first kappa shape index (κ1) is 12.0. The van der Waals surface area contributed by atoms with Gasteiger partial charge in [0.1, 0.15) is 0 Å². The summed E-state index contributed by atoms with van der Waals surface area (Å²) in [6, 6.07) is -0.540. The summed E-state index contributed by atoms with van der Waals surface area (Å²) in [5.41, 5.74) is 0. The van der Waals surface area contributed by atoms with Crippen molar-refractivity contribution in [2.75, 3.05) is 23.0 Å². The van der Waals surface area contributed by atoms with Crippen molar-refractivity contribution in [2.45, 2.75) is 24.9 Å². The number of azo groups is 1. The normalized spacial score (nSPS) is 37.0. The maximum atomic E-state index is 11.1. The summed E-state index contributed by atoms with van der Waals surface area (Å²) < 4.78 is 44.6. The van der Waals surface area contributed by atoms with Crippen molar-refractivity contribution in [1.29, 1.82) is 0 Å². The van der Waals surface area contributed by atoms with Gasteiger partial charge in [0.25, 0.3) is 0 Å². The first-order valence-electron chi connectivity index (χ1n) is 5.17. The Labute approximate surface area is 95.0 Å². The second kappa shape index (κ2) is 4.06. The highest BCUT2D eigenvalue weighted by atomic mass is 32.2. The topological polar surface area (TPSA) is 93.0 Å². The summed E-state index contributed by atoms with van der Waals surface area (Å²) in [4.78, 5) is 0. The highest BCUT2D eigenvalue weighted by Gasteiger charge is 2.30. The maximum absolute atomic E-state index is 11.1. The quantitative estimate of drug-likeness (QED) is 0.648. The summed E-state index contributed by atoms with van der Waals surface area (Å²) in [6.45, 7) is 0. The third kappa shape index (κ3) is 3.00. The molecule has 0 aromatic heterocycles. The van der Waals surface area contributed by atoms with Crippen LogP contribution >= 0.6 is 0 Å². The zero-order chi connectivity index (χ0) is 11.8. The molecule has 0 amide bonds. The maximum Gasteiger partial charge on any atom is 0.152 e. The lowest BCUT2D eigenvalue weighted by Gasteiger charge is -2.01. The van der Waals surface area contributed by atoms with Gasteiger partial charge in [0.15, 0.2) is 19.7 Å². The van der Waals surface area contributed by atoms with Gasteiger partial charge in [0.05, 0.1) is 35.1 Å². The fraction of sp³-hybridized carbons (Fsp3) is 1.00. The molecule has 0 aliphatic carbocycles. The van der Waals surface area contributed by atoms with E-state index in [-0.39, 0.29) is 35.1 Å². The van der Waals surface area contributed by atoms with E-state index in [1.165, 1.54) is 0 Å². The molecule has 0 unspecified atom stereocenters. The molecule has 6 nitrogen and oxygen atoms in total. The summed E-state index contributed by atoms with van der Waals surface area (Å²) in [7, 11) is -5.87. The number of hydrogen-bond acceptors (Lipinski definition) is 6. The van der Waals surface area contributed by atoms with Gasteiger partial charge in [0, 0.05) is 0 Å². The molecule has 2 saturated heterocycles. The van der Waals surface area contributed by atoms with Crippen LogP contribution in [0.1, 0.15) is 12.8 Å². The van der Waals surface area contributed by atoms with Gasteiger partial charge < -0.3 is 0 Å². The molecule has 2 atom stereocenters. The third-order valence-electron chi connectivity index (χ3n) is 2.81. The van der Waals surface area contributed by atoms with E-state index in [9.17, 15) is 16.8 Å². The second-order valence-corrected chi connectivity index (χ2v) is 8.80. The minimum atomic E-state index is -2.94. The summed E-state index contributed by atoms with van der Waals surface area (Å²) in [5, 5.41) is 7.90. The lowest BCUT2D eigenvalue weighted by atomic mass is 10.3. The Morgan fingerprint density at radius 3 is 1.38 bits per heavy atom. The fourth-order valence-electron chi connectivity index (χ4n) is 1.92. The van der Waals surface area contributed by atoms with Crippen molar-refractivity contribution in [3.8, 4) is 0 Å². The van der Waals surface area contributed by atoms with Gasteiger partial charge in [0.2, 0.25) is 0 Å². The van der Waals surface area contributed by atoms with Crippen molar-refractivity contribution in [2.24, 2.45) is 10.2 Å². The van der Waals surface area contributed by atoms with E-state index < -0.39 is 19.7 Å². The predicted octanol–water partition coefficient (Wildman–Crippen LogP) is -0.187. The summed E-state index contributed by atoms with van der Waals surface area (Å²) in [6.07, 6.45) is 1.01. The number of nitrogens with zero attached hydrogens (tertiary/aromatic N) is 2. The van der Waals surface area contributed by atoms with Crippen LogP contribution in [0.25, 0.3) is 0 Å². The molecular formula is C8H14N2O4S2. The smallest absolute Gasteiger partial charge is 0.152 e. The number of hydrogen-bond donors (Lipinski definition) is 0. The Kier molecular flexibility index (Phi) is 3.04. The number of rotatable bonds is 2. The second-order valence-electron chi connectivity index (χ2n) is 4.34. The fourth-order valence-corrected chi connectivity index (χ4v) is 5.16. The van der Waals surface area contributed by atoms with Gasteiger partial charge in [-0.3, -0.25) is 0 Å². The molecule has 2 rings (SSSR count). The largest absolute Gasteiger partial charge is 0.229 e. The molecule has 0 radical (unpaired) electrons. The van der Waals surface area contributed by atoms with E-state index in [0.29, 0.717) is 12.8 Å². The molecule has 0 N–H and O–H groups in total. The Balaban J connectivity index is 1.92. The lowest BCUT2D eigenvalue weighted by molar-refractivity contribution is 0.595. The molecule has 8 heteroatoms. The van der Waals surface area contributed by atoms with Gasteiger partial charge in [-0.15, -0.1) is 0 Å². The van der Waals surface area contributed by atoms with Crippen molar-refractivity contribution in [3.63, 3.8) is 0 Å². The van der Waals surface area contributed by atoms with Crippen LogP contribution in [0.15, 0.2) is 10.2 Å². The van der Waals surface area contributed by atoms with Gasteiger partial charge in [-0.1, -0.05) is 0 Å². The van der Waals surface area contributed by atoms with E-state index in [2.05, 4.69) is 10.2 Å². The monoisotopic (exact) mass is 266 g/mol. The molecule has 2 fully saturated rings. The average molecular weight is 266 g/mol. The minimum absolute atomic E-state index is 0.0516. The SMILES string of the molecule is O=S1(=O)CC[C@@H](N=N[C@H]2CCS(=O)(=O)C2)C1. The molecule has 2 aliphatic heterocycles. The van der Waals surface area contributed by atoms with E-state index in [4.69, 9.17) is 0 Å². The first-order valence-corrected chi connectivity index (χ1v) is 8.81. The lowest BCUT2D eigenvalue weighted by Crippen LogP contribution is -2.10. The van der Waals surface area contributed by atoms with E-state index >= 15 is 0 Å². The molecule has 92 valence electrons. The molecule has 2 aliphatic rings. The highest BCUT2D eigenvalue weighted by molar-refractivity contribution is 7.91. The molecule has 0 bridgehead atoms. The highest BCUT2D eigenvalue weighted by Crippen LogP contribution is 2.19. The zero-order valence-corrected chi connectivity index (χ0v) is 10.4. The molecule has 0 spiro atoms. The minimum Gasteiger partial charge on any atom is -0.229 e. The van der Waals surface area contributed by atoms with Gasteiger partial charge in [-0.2, -0.15) is 10.2 Å². The molecule has 0 aromatic carbocycles. The van der Waals surface area contributed by atoms with Gasteiger partial charge >= 0.3 is 0 Å². The molecule has 16 heavy (non-hydrogen) atoms. The molecule has 0 aromatic rings. The van der Waals surface area contributed by atoms with Crippen molar-refractivity contribution < 1.29 is 16.8 Å². The average Bonchev–Trinajstić information content (AvgIpc) is 2.66. The van der Waals surface area contributed by atoms with Crippen LogP contribution in [0.2, 0.25) is 0 Å². The van der Waals surface area contributed by atoms with Crippen LogP contribution in [-0.2, 0) is 19.7 Å². The Morgan fingerprint density at radius 1 is 0.750 bits per heavy atom.